The Morgan fingerprint density at radius 3 is 2.50 bits per heavy atom. The summed E-state index contributed by atoms with van der Waals surface area (Å²) in [5, 5.41) is 1.41. The molecule has 1 atom stereocenters. The summed E-state index contributed by atoms with van der Waals surface area (Å²) in [5.41, 5.74) is 6.90. The lowest BCUT2D eigenvalue weighted by Gasteiger charge is -2.17. The first kappa shape index (κ1) is 18.3. The van der Waals surface area contributed by atoms with Crippen molar-refractivity contribution >= 4 is 45.9 Å². The van der Waals surface area contributed by atoms with E-state index in [-0.39, 0.29) is 5.91 Å². The average molecular weight is 391 g/mol. The number of primary amides is 1. The van der Waals surface area contributed by atoms with Crippen LogP contribution in [0.15, 0.2) is 42.5 Å². The van der Waals surface area contributed by atoms with Gasteiger partial charge in [0, 0.05) is 16.1 Å². The van der Waals surface area contributed by atoms with Crippen molar-refractivity contribution < 1.29 is 14.3 Å². The molecule has 1 heterocycles. The lowest BCUT2D eigenvalue weighted by molar-refractivity contribution is 0.0731. The van der Waals surface area contributed by atoms with Gasteiger partial charge in [-0.3, -0.25) is 14.2 Å². The molecule has 0 bridgehead atoms. The maximum absolute atomic E-state index is 13.0. The predicted octanol–water partition coefficient (Wildman–Crippen LogP) is 4.46. The number of amides is 1. The molecule has 0 aliphatic rings. The van der Waals surface area contributed by atoms with E-state index in [9.17, 15) is 9.59 Å². The highest BCUT2D eigenvalue weighted by molar-refractivity contribution is 6.35. The molecular formula is C19H16Cl2N2O3. The fourth-order valence-electron chi connectivity index (χ4n) is 2.96. The van der Waals surface area contributed by atoms with Crippen molar-refractivity contribution in [2.45, 2.75) is 20.0 Å². The summed E-state index contributed by atoms with van der Waals surface area (Å²) in [7, 11) is 0. The van der Waals surface area contributed by atoms with Crippen LogP contribution in [0.25, 0.3) is 10.9 Å². The summed E-state index contributed by atoms with van der Waals surface area (Å²) in [6.07, 6.45) is -0.844. The molecular weight excluding hydrogens is 375 g/mol. The summed E-state index contributed by atoms with van der Waals surface area (Å²) in [6.45, 7) is 3.30. The maximum Gasteiger partial charge on any atom is 0.272 e. The van der Waals surface area contributed by atoms with E-state index in [4.69, 9.17) is 33.7 Å². The van der Waals surface area contributed by atoms with Gasteiger partial charge in [0.15, 0.2) is 6.10 Å². The van der Waals surface area contributed by atoms with Crippen LogP contribution in [0.1, 0.15) is 27.8 Å². The van der Waals surface area contributed by atoms with Crippen LogP contribution in [-0.2, 0) is 0 Å². The Kier molecular flexibility index (Phi) is 4.94. The van der Waals surface area contributed by atoms with Crippen molar-refractivity contribution in [1.29, 1.82) is 0 Å². The number of hydrogen-bond acceptors (Lipinski definition) is 3. The second kappa shape index (κ2) is 7.02. The fourth-order valence-corrected chi connectivity index (χ4v) is 3.41. The van der Waals surface area contributed by atoms with Crippen molar-refractivity contribution in [1.82, 2.24) is 4.57 Å². The van der Waals surface area contributed by atoms with Crippen LogP contribution in [0.2, 0.25) is 10.0 Å². The minimum Gasteiger partial charge on any atom is -0.479 e. The standard InChI is InChI=1S/C19H16Cl2N2O3/c1-10-17(18(22)24)13-5-3-4-6-15(13)23(10)19(25)11(2)26-16-8-7-12(20)9-14(16)21/h3-9,11H,1-2H3,(H2,22,24)/t11-/m1/s1. The van der Waals surface area contributed by atoms with Crippen LogP contribution in [0.4, 0.5) is 0 Å². The quantitative estimate of drug-likeness (QED) is 0.714. The first-order chi connectivity index (χ1) is 12.3. The molecule has 3 rings (SSSR count). The molecule has 3 aromatic rings. The number of fused-ring (bicyclic) bond motifs is 1. The third-order valence-corrected chi connectivity index (χ3v) is 4.65. The van der Waals surface area contributed by atoms with E-state index in [0.717, 1.165) is 0 Å². The molecule has 0 saturated heterocycles. The molecule has 26 heavy (non-hydrogen) atoms. The topological polar surface area (TPSA) is 74.3 Å². The van der Waals surface area contributed by atoms with Crippen LogP contribution in [0.3, 0.4) is 0 Å². The molecule has 2 aromatic carbocycles. The Balaban J connectivity index is 2.02. The summed E-state index contributed by atoms with van der Waals surface area (Å²) in [6, 6.07) is 11.9. The lowest BCUT2D eigenvalue weighted by atomic mass is 10.1. The number of nitrogens with two attached hydrogens (primary N) is 1. The van der Waals surface area contributed by atoms with Gasteiger partial charge in [0.05, 0.1) is 16.1 Å². The highest BCUT2D eigenvalue weighted by Crippen LogP contribution is 2.30. The van der Waals surface area contributed by atoms with Gasteiger partial charge in [-0.15, -0.1) is 0 Å². The zero-order valence-electron chi connectivity index (χ0n) is 14.1. The number of benzene rings is 2. The fraction of sp³-hybridized carbons (Fsp3) is 0.158. The highest BCUT2D eigenvalue weighted by atomic mass is 35.5. The molecule has 0 fully saturated rings. The van der Waals surface area contributed by atoms with Gasteiger partial charge in [-0.05, 0) is 38.1 Å². The van der Waals surface area contributed by atoms with E-state index < -0.39 is 12.0 Å². The van der Waals surface area contributed by atoms with Gasteiger partial charge in [0.2, 0.25) is 0 Å². The number of para-hydroxylation sites is 1. The molecule has 0 unspecified atom stereocenters. The van der Waals surface area contributed by atoms with Gasteiger partial charge in [-0.1, -0.05) is 41.4 Å². The van der Waals surface area contributed by atoms with Gasteiger partial charge in [-0.25, -0.2) is 0 Å². The first-order valence-corrected chi connectivity index (χ1v) is 8.62. The van der Waals surface area contributed by atoms with Crippen LogP contribution >= 0.6 is 23.2 Å². The minimum absolute atomic E-state index is 0.309. The molecule has 134 valence electrons. The number of hydrogen-bond donors (Lipinski definition) is 1. The zero-order chi connectivity index (χ0) is 19.0. The third-order valence-electron chi connectivity index (χ3n) is 4.12. The van der Waals surface area contributed by atoms with E-state index in [1.807, 2.05) is 0 Å². The predicted molar refractivity (Wildman–Crippen MR) is 102 cm³/mol. The lowest BCUT2D eigenvalue weighted by Crippen LogP contribution is -2.30. The van der Waals surface area contributed by atoms with Crippen LogP contribution in [-0.4, -0.2) is 22.5 Å². The maximum atomic E-state index is 13.0. The van der Waals surface area contributed by atoms with Crippen molar-refractivity contribution in [2.75, 3.05) is 0 Å². The van der Waals surface area contributed by atoms with E-state index in [1.165, 1.54) is 10.6 Å². The van der Waals surface area contributed by atoms with Crippen LogP contribution in [0, 0.1) is 6.92 Å². The van der Waals surface area contributed by atoms with E-state index in [0.29, 0.717) is 38.0 Å². The largest absolute Gasteiger partial charge is 0.479 e. The van der Waals surface area contributed by atoms with Gasteiger partial charge in [-0.2, -0.15) is 0 Å². The Morgan fingerprint density at radius 2 is 1.85 bits per heavy atom. The Labute approximate surface area is 160 Å². The number of ether oxygens (including phenoxy) is 1. The summed E-state index contributed by atoms with van der Waals surface area (Å²) in [4.78, 5) is 24.9. The van der Waals surface area contributed by atoms with Crippen LogP contribution < -0.4 is 10.5 Å². The Hall–Kier alpha value is -2.50. The molecule has 7 heteroatoms. The number of nitrogens with zero attached hydrogens (tertiary/aromatic N) is 1. The number of carbonyl (C=O) groups is 2. The van der Waals surface area contributed by atoms with Gasteiger partial charge in [0.25, 0.3) is 11.8 Å². The number of halogens is 2. The SMILES string of the molecule is Cc1c(C(N)=O)c2ccccc2n1C(=O)[C@@H](C)Oc1ccc(Cl)cc1Cl. The smallest absolute Gasteiger partial charge is 0.272 e. The molecule has 0 aliphatic carbocycles. The number of carbonyl (C=O) groups excluding carboxylic acids is 2. The molecule has 5 nitrogen and oxygen atoms in total. The summed E-state index contributed by atoms with van der Waals surface area (Å²) in [5.74, 6) is -0.571. The third kappa shape index (κ3) is 3.16. The van der Waals surface area contributed by atoms with Crippen LogP contribution in [0.5, 0.6) is 5.75 Å². The Morgan fingerprint density at radius 1 is 1.15 bits per heavy atom. The molecule has 0 saturated carbocycles. The summed E-state index contributed by atoms with van der Waals surface area (Å²) < 4.78 is 7.16. The first-order valence-electron chi connectivity index (χ1n) is 7.87. The van der Waals surface area contributed by atoms with Crippen molar-refractivity contribution in [3.05, 3.63) is 63.8 Å². The number of rotatable bonds is 4. The minimum atomic E-state index is -0.844. The van der Waals surface area contributed by atoms with Crippen molar-refractivity contribution in [2.24, 2.45) is 5.73 Å². The normalized spacial score (nSPS) is 12.2. The molecule has 2 N–H and O–H groups in total. The van der Waals surface area contributed by atoms with Gasteiger partial charge < -0.3 is 10.5 Å². The van der Waals surface area contributed by atoms with Crippen molar-refractivity contribution in [3.8, 4) is 5.75 Å². The van der Waals surface area contributed by atoms with E-state index in [2.05, 4.69) is 0 Å². The van der Waals surface area contributed by atoms with E-state index >= 15 is 0 Å². The number of aromatic nitrogens is 1. The molecule has 0 radical (unpaired) electrons. The average Bonchev–Trinajstić information content (AvgIpc) is 2.88. The second-order valence-corrected chi connectivity index (χ2v) is 6.69. The Bertz CT molecular complexity index is 1030. The van der Waals surface area contributed by atoms with E-state index in [1.54, 1.807) is 50.2 Å². The van der Waals surface area contributed by atoms with Crippen molar-refractivity contribution in [3.63, 3.8) is 0 Å². The zero-order valence-corrected chi connectivity index (χ0v) is 15.6. The molecule has 1 amide bonds. The molecule has 0 aliphatic heterocycles. The highest BCUT2D eigenvalue weighted by Gasteiger charge is 2.25. The van der Waals surface area contributed by atoms with Gasteiger partial charge >= 0.3 is 0 Å². The summed E-state index contributed by atoms with van der Waals surface area (Å²) >= 11 is 12.0. The molecule has 0 spiro atoms. The monoisotopic (exact) mass is 390 g/mol. The molecule has 1 aromatic heterocycles. The van der Waals surface area contributed by atoms with Gasteiger partial charge in [0.1, 0.15) is 5.75 Å². The second-order valence-electron chi connectivity index (χ2n) is 5.85.